The zero-order valence-electron chi connectivity index (χ0n) is 10.5. The largest absolute Gasteiger partial charge is 0.330 e. The quantitative estimate of drug-likeness (QED) is 0.688. The minimum Gasteiger partial charge on any atom is -0.330 e. The van der Waals surface area contributed by atoms with Crippen LogP contribution >= 0.6 is 0 Å². The molecule has 4 N–H and O–H groups in total. The zero-order chi connectivity index (χ0) is 12.9. The lowest BCUT2D eigenvalue weighted by atomic mass is 10.1. The van der Waals surface area contributed by atoms with Crippen LogP contribution in [0.3, 0.4) is 0 Å². The third kappa shape index (κ3) is 4.51. The van der Waals surface area contributed by atoms with E-state index in [0.717, 1.165) is 32.4 Å². The highest BCUT2D eigenvalue weighted by atomic mass is 32.2. The standard InChI is InChI=1S/C10H24N4O2S/c1-2-10(4-5-11)13-6-3-7-14(9-8-13)17(12,15)16/h10H,2-9,11H2,1H3,(H2,12,15,16). The highest BCUT2D eigenvalue weighted by Crippen LogP contribution is 2.13. The minimum atomic E-state index is -3.54. The lowest BCUT2D eigenvalue weighted by molar-refractivity contribution is 0.192. The smallest absolute Gasteiger partial charge is 0.276 e. The number of rotatable bonds is 5. The third-order valence-electron chi connectivity index (χ3n) is 3.34. The lowest BCUT2D eigenvalue weighted by Gasteiger charge is -2.29. The topological polar surface area (TPSA) is 92.7 Å². The van der Waals surface area contributed by atoms with Gasteiger partial charge in [0.2, 0.25) is 0 Å². The molecule has 1 unspecified atom stereocenters. The maximum absolute atomic E-state index is 11.3. The first kappa shape index (κ1) is 14.8. The molecule has 0 aromatic rings. The van der Waals surface area contributed by atoms with Gasteiger partial charge in [-0.2, -0.15) is 12.7 Å². The maximum Gasteiger partial charge on any atom is 0.276 e. The first-order valence-electron chi connectivity index (χ1n) is 6.21. The van der Waals surface area contributed by atoms with Crippen molar-refractivity contribution in [3.8, 4) is 0 Å². The molecule has 102 valence electrons. The van der Waals surface area contributed by atoms with Crippen molar-refractivity contribution in [2.45, 2.75) is 32.2 Å². The zero-order valence-corrected chi connectivity index (χ0v) is 11.3. The Balaban J connectivity index is 2.58. The molecule has 0 radical (unpaired) electrons. The summed E-state index contributed by atoms with van der Waals surface area (Å²) in [4.78, 5) is 2.33. The van der Waals surface area contributed by atoms with Gasteiger partial charge in [0.15, 0.2) is 0 Å². The van der Waals surface area contributed by atoms with Crippen LogP contribution in [0.2, 0.25) is 0 Å². The van der Waals surface area contributed by atoms with Gasteiger partial charge >= 0.3 is 0 Å². The van der Waals surface area contributed by atoms with E-state index < -0.39 is 10.2 Å². The van der Waals surface area contributed by atoms with Crippen LogP contribution in [0.25, 0.3) is 0 Å². The fraction of sp³-hybridized carbons (Fsp3) is 1.00. The molecule has 0 spiro atoms. The maximum atomic E-state index is 11.3. The predicted molar refractivity (Wildman–Crippen MR) is 68.6 cm³/mol. The van der Waals surface area contributed by atoms with Crippen LogP contribution in [0.1, 0.15) is 26.2 Å². The summed E-state index contributed by atoms with van der Waals surface area (Å²) >= 11 is 0. The van der Waals surface area contributed by atoms with E-state index in [-0.39, 0.29) is 0 Å². The van der Waals surface area contributed by atoms with Crippen LogP contribution < -0.4 is 10.9 Å². The molecule has 0 aromatic heterocycles. The molecule has 1 rings (SSSR count). The number of hydrogen-bond acceptors (Lipinski definition) is 4. The van der Waals surface area contributed by atoms with E-state index in [2.05, 4.69) is 11.8 Å². The van der Waals surface area contributed by atoms with Crippen molar-refractivity contribution in [3.63, 3.8) is 0 Å². The average Bonchev–Trinajstić information content (AvgIpc) is 2.50. The summed E-state index contributed by atoms with van der Waals surface area (Å²) < 4.78 is 23.9. The fourth-order valence-corrected chi connectivity index (χ4v) is 3.09. The number of nitrogens with two attached hydrogens (primary N) is 2. The first-order chi connectivity index (χ1) is 7.99. The Kier molecular flexibility index (Phi) is 5.81. The van der Waals surface area contributed by atoms with Crippen molar-refractivity contribution in [3.05, 3.63) is 0 Å². The highest BCUT2D eigenvalue weighted by Gasteiger charge is 2.24. The molecule has 6 nitrogen and oxygen atoms in total. The van der Waals surface area contributed by atoms with Gasteiger partial charge in [0, 0.05) is 25.7 Å². The van der Waals surface area contributed by atoms with Gasteiger partial charge in [-0.15, -0.1) is 0 Å². The summed E-state index contributed by atoms with van der Waals surface area (Å²) in [5.41, 5.74) is 5.59. The van der Waals surface area contributed by atoms with E-state index >= 15 is 0 Å². The van der Waals surface area contributed by atoms with Crippen LogP contribution in [-0.4, -0.2) is 56.4 Å². The molecule has 1 aliphatic heterocycles. The first-order valence-corrected chi connectivity index (χ1v) is 7.71. The van der Waals surface area contributed by atoms with Crippen molar-refractivity contribution in [1.29, 1.82) is 0 Å². The second-order valence-electron chi connectivity index (χ2n) is 4.47. The number of hydrogen-bond donors (Lipinski definition) is 2. The van der Waals surface area contributed by atoms with Crippen molar-refractivity contribution in [1.82, 2.24) is 9.21 Å². The monoisotopic (exact) mass is 264 g/mol. The second kappa shape index (κ2) is 6.65. The van der Waals surface area contributed by atoms with Crippen LogP contribution in [0.5, 0.6) is 0 Å². The number of nitrogens with zero attached hydrogens (tertiary/aromatic N) is 2. The van der Waals surface area contributed by atoms with Gasteiger partial charge in [-0.3, -0.25) is 4.90 Å². The van der Waals surface area contributed by atoms with Gasteiger partial charge in [-0.25, -0.2) is 5.14 Å². The molecule has 1 fully saturated rings. The van der Waals surface area contributed by atoms with Gasteiger partial charge in [-0.05, 0) is 32.4 Å². The van der Waals surface area contributed by atoms with E-state index in [1.807, 2.05) is 0 Å². The summed E-state index contributed by atoms with van der Waals surface area (Å²) in [7, 11) is -3.54. The molecule has 0 aliphatic carbocycles. The predicted octanol–water partition coefficient (Wildman–Crippen LogP) is -0.675. The van der Waals surface area contributed by atoms with Gasteiger partial charge in [0.05, 0.1) is 0 Å². The van der Waals surface area contributed by atoms with Crippen LogP contribution in [0.4, 0.5) is 0 Å². The molecule has 17 heavy (non-hydrogen) atoms. The molecule has 7 heteroatoms. The molecule has 0 amide bonds. The molecular weight excluding hydrogens is 240 g/mol. The van der Waals surface area contributed by atoms with E-state index in [0.29, 0.717) is 25.7 Å². The SMILES string of the molecule is CCC(CCN)N1CCCN(S(N)(=O)=O)CC1. The Labute approximate surface area is 104 Å². The fourth-order valence-electron chi connectivity index (χ4n) is 2.37. The second-order valence-corrected chi connectivity index (χ2v) is 6.02. The summed E-state index contributed by atoms with van der Waals surface area (Å²) in [6.07, 6.45) is 2.84. The summed E-state index contributed by atoms with van der Waals surface area (Å²) in [6, 6.07) is 0.459. The van der Waals surface area contributed by atoms with Crippen LogP contribution in [-0.2, 0) is 10.2 Å². The molecule has 0 bridgehead atoms. The van der Waals surface area contributed by atoms with Gasteiger partial charge in [0.1, 0.15) is 0 Å². The normalized spacial score (nSPS) is 22.3. The van der Waals surface area contributed by atoms with Crippen molar-refractivity contribution in [2.75, 3.05) is 32.7 Å². The van der Waals surface area contributed by atoms with E-state index in [4.69, 9.17) is 10.9 Å². The summed E-state index contributed by atoms with van der Waals surface area (Å²) in [5.74, 6) is 0. The molecule has 1 heterocycles. The van der Waals surface area contributed by atoms with Gasteiger partial charge in [0.25, 0.3) is 10.2 Å². The summed E-state index contributed by atoms with van der Waals surface area (Å²) in [6.45, 7) is 5.49. The van der Waals surface area contributed by atoms with Crippen LogP contribution in [0, 0.1) is 0 Å². The van der Waals surface area contributed by atoms with Crippen molar-refractivity contribution < 1.29 is 8.42 Å². The summed E-state index contributed by atoms with van der Waals surface area (Å²) in [5, 5.41) is 5.15. The van der Waals surface area contributed by atoms with Crippen molar-refractivity contribution in [2.24, 2.45) is 10.9 Å². The highest BCUT2D eigenvalue weighted by molar-refractivity contribution is 7.86. The minimum absolute atomic E-state index is 0.459. The average molecular weight is 264 g/mol. The molecule has 0 aromatic carbocycles. The Morgan fingerprint density at radius 1 is 1.24 bits per heavy atom. The van der Waals surface area contributed by atoms with Gasteiger partial charge < -0.3 is 5.73 Å². The Bertz CT molecular complexity index is 320. The Morgan fingerprint density at radius 3 is 2.47 bits per heavy atom. The van der Waals surface area contributed by atoms with Crippen LogP contribution in [0.15, 0.2) is 0 Å². The lowest BCUT2D eigenvalue weighted by Crippen LogP contribution is -2.41. The van der Waals surface area contributed by atoms with Gasteiger partial charge in [-0.1, -0.05) is 6.92 Å². The molecular formula is C10H24N4O2S. The molecule has 1 saturated heterocycles. The van der Waals surface area contributed by atoms with Crippen molar-refractivity contribution >= 4 is 10.2 Å². The Morgan fingerprint density at radius 2 is 1.94 bits per heavy atom. The van der Waals surface area contributed by atoms with E-state index in [1.54, 1.807) is 0 Å². The van der Waals surface area contributed by atoms with E-state index in [9.17, 15) is 8.42 Å². The van der Waals surface area contributed by atoms with E-state index in [1.165, 1.54) is 4.31 Å². The Hall–Kier alpha value is -0.210. The third-order valence-corrected chi connectivity index (χ3v) is 4.42. The molecule has 0 saturated carbocycles. The molecule has 1 atom stereocenters. The molecule has 1 aliphatic rings.